The maximum atomic E-state index is 12.4. The molecule has 0 bridgehead atoms. The Balaban J connectivity index is 1.60. The molecule has 1 aliphatic rings. The summed E-state index contributed by atoms with van der Waals surface area (Å²) in [7, 11) is -3.08. The van der Waals surface area contributed by atoms with Gasteiger partial charge in [-0.15, -0.1) is 0 Å². The summed E-state index contributed by atoms with van der Waals surface area (Å²) in [5.41, 5.74) is 3.60. The van der Waals surface area contributed by atoms with E-state index >= 15 is 0 Å². The van der Waals surface area contributed by atoms with Crippen molar-refractivity contribution < 1.29 is 13.2 Å². The van der Waals surface area contributed by atoms with Crippen LogP contribution in [0.15, 0.2) is 48.5 Å². The van der Waals surface area contributed by atoms with E-state index in [1.165, 1.54) is 24.7 Å². The first-order valence-corrected chi connectivity index (χ1v) is 11.3. The molecule has 6 heteroatoms. The molecule has 1 heterocycles. The topological polar surface area (TPSA) is 66.5 Å². The number of likely N-dealkylation sites (tertiary alicyclic amines) is 1. The smallest absolute Gasteiger partial charge is 0.251 e. The second-order valence-electron chi connectivity index (χ2n) is 7.20. The molecule has 1 aliphatic heterocycles. The third kappa shape index (κ3) is 5.91. The largest absolute Gasteiger partial charge is 0.348 e. The van der Waals surface area contributed by atoms with Gasteiger partial charge in [0.1, 0.15) is 0 Å². The predicted octanol–water partition coefficient (Wildman–Crippen LogP) is 2.76. The zero-order chi connectivity index (χ0) is 19.3. The highest BCUT2D eigenvalue weighted by atomic mass is 32.2. The maximum absolute atomic E-state index is 12.4. The van der Waals surface area contributed by atoms with Crippen LogP contribution in [0.2, 0.25) is 0 Å². The van der Waals surface area contributed by atoms with Gasteiger partial charge in [-0.3, -0.25) is 9.69 Å². The Morgan fingerprint density at radius 2 is 1.63 bits per heavy atom. The van der Waals surface area contributed by atoms with Crippen molar-refractivity contribution in [2.45, 2.75) is 31.7 Å². The van der Waals surface area contributed by atoms with E-state index in [0.717, 1.165) is 25.2 Å². The first kappa shape index (κ1) is 19.6. The van der Waals surface area contributed by atoms with Gasteiger partial charge in [-0.2, -0.15) is 0 Å². The van der Waals surface area contributed by atoms with Crippen molar-refractivity contribution in [2.24, 2.45) is 0 Å². The second kappa shape index (κ2) is 8.67. The Hall–Kier alpha value is -2.18. The van der Waals surface area contributed by atoms with Crippen molar-refractivity contribution in [1.82, 2.24) is 10.2 Å². The van der Waals surface area contributed by atoms with Gasteiger partial charge in [0.05, 0.1) is 5.75 Å². The number of hydrogen-bond acceptors (Lipinski definition) is 4. The number of rotatable bonds is 7. The summed E-state index contributed by atoms with van der Waals surface area (Å²) < 4.78 is 22.7. The normalized spacial score (nSPS) is 15.0. The van der Waals surface area contributed by atoms with Gasteiger partial charge in [0.15, 0.2) is 9.84 Å². The molecule has 0 unspecified atom stereocenters. The van der Waals surface area contributed by atoms with Gasteiger partial charge >= 0.3 is 0 Å². The molecule has 0 radical (unpaired) electrons. The predicted molar refractivity (Wildman–Crippen MR) is 107 cm³/mol. The highest BCUT2D eigenvalue weighted by Gasteiger charge is 2.14. The van der Waals surface area contributed by atoms with Crippen LogP contribution in [0.1, 0.15) is 39.9 Å². The monoisotopic (exact) mass is 386 g/mol. The zero-order valence-electron chi connectivity index (χ0n) is 15.6. The Morgan fingerprint density at radius 1 is 1.00 bits per heavy atom. The van der Waals surface area contributed by atoms with E-state index in [2.05, 4.69) is 22.3 Å². The summed E-state index contributed by atoms with van der Waals surface area (Å²) in [5, 5.41) is 2.97. The van der Waals surface area contributed by atoms with Crippen molar-refractivity contribution in [3.63, 3.8) is 0 Å². The third-order valence-electron chi connectivity index (χ3n) is 4.80. The lowest BCUT2D eigenvalue weighted by atomic mass is 10.1. The van der Waals surface area contributed by atoms with E-state index in [4.69, 9.17) is 0 Å². The molecule has 5 nitrogen and oxygen atoms in total. The maximum Gasteiger partial charge on any atom is 0.251 e. The van der Waals surface area contributed by atoms with Gasteiger partial charge in [0.25, 0.3) is 5.91 Å². The summed E-state index contributed by atoms with van der Waals surface area (Å²) >= 11 is 0. The van der Waals surface area contributed by atoms with Crippen LogP contribution in [0.25, 0.3) is 0 Å². The standard InChI is InChI=1S/C21H26N2O3S/c1-27(25,26)16-17-8-10-18(11-9-17)21(24)22-14-19-6-2-3-7-20(19)15-23-12-4-5-13-23/h2-3,6-11H,4-5,12-16H2,1H3,(H,22,24). The Bertz CT molecular complexity index is 886. The summed E-state index contributed by atoms with van der Waals surface area (Å²) in [4.78, 5) is 14.9. The fraction of sp³-hybridized carbons (Fsp3) is 0.381. The molecule has 0 saturated carbocycles. The Labute approximate surface area is 161 Å². The van der Waals surface area contributed by atoms with Crippen LogP contribution in [0.3, 0.4) is 0 Å². The van der Waals surface area contributed by atoms with Crippen molar-refractivity contribution in [3.8, 4) is 0 Å². The molecular formula is C21H26N2O3S. The van der Waals surface area contributed by atoms with Crippen LogP contribution >= 0.6 is 0 Å². The molecular weight excluding hydrogens is 360 g/mol. The highest BCUT2D eigenvalue weighted by Crippen LogP contribution is 2.16. The molecule has 3 rings (SSSR count). The third-order valence-corrected chi connectivity index (χ3v) is 5.65. The van der Waals surface area contributed by atoms with Gasteiger partial charge in [-0.1, -0.05) is 36.4 Å². The lowest BCUT2D eigenvalue weighted by molar-refractivity contribution is 0.0950. The molecule has 1 N–H and O–H groups in total. The van der Waals surface area contributed by atoms with Crippen molar-refractivity contribution in [1.29, 1.82) is 0 Å². The number of nitrogens with zero attached hydrogens (tertiary/aromatic N) is 1. The van der Waals surface area contributed by atoms with E-state index in [1.807, 2.05) is 12.1 Å². The number of hydrogen-bond donors (Lipinski definition) is 1. The minimum atomic E-state index is -3.08. The first-order chi connectivity index (χ1) is 12.9. The first-order valence-electron chi connectivity index (χ1n) is 9.25. The summed E-state index contributed by atoms with van der Waals surface area (Å²) in [6.07, 6.45) is 3.72. The average Bonchev–Trinajstić information content (AvgIpc) is 3.13. The molecule has 1 saturated heterocycles. The second-order valence-corrected chi connectivity index (χ2v) is 9.34. The van der Waals surface area contributed by atoms with Crippen molar-refractivity contribution >= 4 is 15.7 Å². The van der Waals surface area contributed by atoms with E-state index in [9.17, 15) is 13.2 Å². The van der Waals surface area contributed by atoms with Gasteiger partial charge in [-0.05, 0) is 54.8 Å². The fourth-order valence-electron chi connectivity index (χ4n) is 3.40. The molecule has 1 amide bonds. The Morgan fingerprint density at radius 3 is 2.26 bits per heavy atom. The van der Waals surface area contributed by atoms with Crippen LogP contribution in [-0.4, -0.2) is 38.6 Å². The van der Waals surface area contributed by atoms with Crippen molar-refractivity contribution in [3.05, 3.63) is 70.8 Å². The lowest BCUT2D eigenvalue weighted by Gasteiger charge is -2.17. The molecule has 2 aromatic carbocycles. The van der Waals surface area contributed by atoms with Crippen LogP contribution in [0.4, 0.5) is 0 Å². The van der Waals surface area contributed by atoms with Crippen molar-refractivity contribution in [2.75, 3.05) is 19.3 Å². The molecule has 0 atom stereocenters. The molecule has 144 valence electrons. The SMILES string of the molecule is CS(=O)(=O)Cc1ccc(C(=O)NCc2ccccc2CN2CCCC2)cc1. The molecule has 2 aromatic rings. The molecule has 27 heavy (non-hydrogen) atoms. The van der Waals surface area contributed by atoms with Crippen LogP contribution in [0, 0.1) is 0 Å². The fourth-order valence-corrected chi connectivity index (χ4v) is 4.20. The number of benzene rings is 2. The van der Waals surface area contributed by atoms with E-state index in [1.54, 1.807) is 24.3 Å². The average molecular weight is 387 g/mol. The summed E-state index contributed by atoms with van der Waals surface area (Å²) in [5.74, 6) is -0.171. The minimum Gasteiger partial charge on any atom is -0.348 e. The van der Waals surface area contributed by atoms with E-state index in [-0.39, 0.29) is 11.7 Å². The van der Waals surface area contributed by atoms with E-state index < -0.39 is 9.84 Å². The Kier molecular flexibility index (Phi) is 6.29. The number of sulfone groups is 1. The number of carbonyl (C=O) groups excluding carboxylic acids is 1. The molecule has 0 aliphatic carbocycles. The van der Waals surface area contributed by atoms with Crippen LogP contribution in [-0.2, 0) is 28.7 Å². The quantitative estimate of drug-likeness (QED) is 0.795. The summed E-state index contributed by atoms with van der Waals surface area (Å²) in [6, 6.07) is 14.9. The lowest BCUT2D eigenvalue weighted by Crippen LogP contribution is -2.25. The summed E-state index contributed by atoms with van der Waals surface area (Å²) in [6.45, 7) is 3.68. The molecule has 0 spiro atoms. The van der Waals surface area contributed by atoms with Gasteiger partial charge < -0.3 is 5.32 Å². The van der Waals surface area contributed by atoms with Gasteiger partial charge in [-0.25, -0.2) is 8.42 Å². The van der Waals surface area contributed by atoms with Crippen LogP contribution < -0.4 is 5.32 Å². The molecule has 1 fully saturated rings. The van der Waals surface area contributed by atoms with Gasteiger partial charge in [0.2, 0.25) is 0 Å². The number of nitrogens with one attached hydrogen (secondary N) is 1. The molecule has 0 aromatic heterocycles. The minimum absolute atomic E-state index is 0.0151. The van der Waals surface area contributed by atoms with Crippen LogP contribution in [0.5, 0.6) is 0 Å². The zero-order valence-corrected chi connectivity index (χ0v) is 16.5. The number of carbonyl (C=O) groups is 1. The number of amides is 1. The van der Waals surface area contributed by atoms with Gasteiger partial charge in [0, 0.05) is 24.9 Å². The van der Waals surface area contributed by atoms with E-state index in [0.29, 0.717) is 17.7 Å². The highest BCUT2D eigenvalue weighted by molar-refractivity contribution is 7.89.